The van der Waals surface area contributed by atoms with Gasteiger partial charge in [-0.25, -0.2) is 0 Å². The second-order valence-electron chi connectivity index (χ2n) is 4.48. The molecule has 2 rings (SSSR count). The molecule has 16 heavy (non-hydrogen) atoms. The summed E-state index contributed by atoms with van der Waals surface area (Å²) >= 11 is 3.43. The minimum Gasteiger partial charge on any atom is -0.397 e. The second kappa shape index (κ2) is 4.63. The number of halogens is 1. The van der Waals surface area contributed by atoms with E-state index in [4.69, 9.17) is 5.73 Å². The van der Waals surface area contributed by atoms with E-state index in [0.717, 1.165) is 35.5 Å². The average Bonchev–Trinajstić information content (AvgIpc) is 2.22. The van der Waals surface area contributed by atoms with Crippen LogP contribution in [0.15, 0.2) is 22.7 Å². The normalized spacial score (nSPS) is 22.4. The van der Waals surface area contributed by atoms with Crippen molar-refractivity contribution in [3.8, 4) is 0 Å². The average molecular weight is 284 g/mol. The van der Waals surface area contributed by atoms with Gasteiger partial charge in [-0.2, -0.15) is 0 Å². The van der Waals surface area contributed by atoms with E-state index in [1.165, 1.54) is 0 Å². The summed E-state index contributed by atoms with van der Waals surface area (Å²) in [7, 11) is 2.17. The Labute approximate surface area is 105 Å². The lowest BCUT2D eigenvalue weighted by molar-refractivity contribution is 0.234. The molecular weight excluding hydrogens is 266 g/mol. The van der Waals surface area contributed by atoms with Crippen LogP contribution in [-0.4, -0.2) is 37.6 Å². The Balaban J connectivity index is 2.18. The van der Waals surface area contributed by atoms with Gasteiger partial charge in [0.1, 0.15) is 0 Å². The minimum absolute atomic E-state index is 0.580. The molecule has 1 atom stereocenters. The summed E-state index contributed by atoms with van der Waals surface area (Å²) in [4.78, 5) is 4.75. The molecule has 0 radical (unpaired) electrons. The summed E-state index contributed by atoms with van der Waals surface area (Å²) in [6, 6.07) is 6.70. The Kier molecular flexibility index (Phi) is 3.40. The van der Waals surface area contributed by atoms with E-state index in [1.807, 2.05) is 6.07 Å². The predicted molar refractivity (Wildman–Crippen MR) is 72.9 cm³/mol. The van der Waals surface area contributed by atoms with Crippen LogP contribution >= 0.6 is 15.9 Å². The van der Waals surface area contributed by atoms with E-state index < -0.39 is 0 Å². The maximum Gasteiger partial charge on any atom is 0.0601 e. The number of piperazine rings is 1. The topological polar surface area (TPSA) is 32.5 Å². The number of likely N-dealkylation sites (N-methyl/N-ethyl adjacent to an activating group) is 1. The molecule has 1 fully saturated rings. The Morgan fingerprint density at radius 3 is 2.75 bits per heavy atom. The molecule has 0 aromatic heterocycles. The first kappa shape index (κ1) is 11.7. The molecule has 0 saturated carbocycles. The van der Waals surface area contributed by atoms with Crippen molar-refractivity contribution < 1.29 is 0 Å². The number of benzene rings is 1. The number of hydrogen-bond acceptors (Lipinski definition) is 3. The molecule has 0 amide bonds. The SMILES string of the molecule is CC1CN(c2ccc(Br)cc2N)CCN1C. The predicted octanol–water partition coefficient (Wildman–Crippen LogP) is 2.17. The molecule has 1 aromatic carbocycles. The lowest BCUT2D eigenvalue weighted by Gasteiger charge is -2.39. The molecule has 88 valence electrons. The van der Waals surface area contributed by atoms with Crippen LogP contribution in [0.1, 0.15) is 6.92 Å². The molecule has 1 aromatic rings. The third-order valence-electron chi connectivity index (χ3n) is 3.29. The van der Waals surface area contributed by atoms with Gasteiger partial charge in [-0.05, 0) is 32.2 Å². The summed E-state index contributed by atoms with van der Waals surface area (Å²) in [5.74, 6) is 0. The maximum absolute atomic E-state index is 6.05. The van der Waals surface area contributed by atoms with Gasteiger partial charge in [0.25, 0.3) is 0 Å². The highest BCUT2D eigenvalue weighted by Crippen LogP contribution is 2.28. The van der Waals surface area contributed by atoms with Crippen molar-refractivity contribution in [2.24, 2.45) is 0 Å². The third kappa shape index (κ3) is 2.33. The van der Waals surface area contributed by atoms with Crippen molar-refractivity contribution in [1.29, 1.82) is 0 Å². The highest BCUT2D eigenvalue weighted by molar-refractivity contribution is 9.10. The van der Waals surface area contributed by atoms with Crippen LogP contribution in [0, 0.1) is 0 Å². The summed E-state index contributed by atoms with van der Waals surface area (Å²) in [6.45, 7) is 5.44. The fraction of sp³-hybridized carbons (Fsp3) is 0.500. The molecule has 0 spiro atoms. The standard InChI is InChI=1S/C12H18BrN3/c1-9-8-16(6-5-15(9)2)12-4-3-10(13)7-11(12)14/h3-4,7,9H,5-6,8,14H2,1-2H3. The zero-order chi connectivity index (χ0) is 11.7. The van der Waals surface area contributed by atoms with Crippen LogP contribution in [0.3, 0.4) is 0 Å². The van der Waals surface area contributed by atoms with Gasteiger partial charge in [0, 0.05) is 30.1 Å². The smallest absolute Gasteiger partial charge is 0.0601 e. The van der Waals surface area contributed by atoms with Gasteiger partial charge < -0.3 is 15.5 Å². The molecule has 1 unspecified atom stereocenters. The van der Waals surface area contributed by atoms with Crippen LogP contribution in [0.5, 0.6) is 0 Å². The molecule has 4 heteroatoms. The first-order valence-electron chi connectivity index (χ1n) is 5.58. The molecule has 1 saturated heterocycles. The van der Waals surface area contributed by atoms with Gasteiger partial charge in [0.15, 0.2) is 0 Å². The highest BCUT2D eigenvalue weighted by atomic mass is 79.9. The fourth-order valence-electron chi connectivity index (χ4n) is 2.08. The van der Waals surface area contributed by atoms with Crippen LogP contribution in [-0.2, 0) is 0 Å². The number of hydrogen-bond donors (Lipinski definition) is 1. The first-order chi connectivity index (χ1) is 7.58. The monoisotopic (exact) mass is 283 g/mol. The van der Waals surface area contributed by atoms with Crippen LogP contribution in [0.4, 0.5) is 11.4 Å². The van der Waals surface area contributed by atoms with Crippen LogP contribution in [0.2, 0.25) is 0 Å². The summed E-state index contributed by atoms with van der Waals surface area (Å²) in [6.07, 6.45) is 0. The van der Waals surface area contributed by atoms with E-state index in [2.05, 4.69) is 51.8 Å². The second-order valence-corrected chi connectivity index (χ2v) is 5.39. The van der Waals surface area contributed by atoms with Crippen LogP contribution < -0.4 is 10.6 Å². The van der Waals surface area contributed by atoms with Crippen molar-refractivity contribution in [2.45, 2.75) is 13.0 Å². The van der Waals surface area contributed by atoms with Gasteiger partial charge in [-0.15, -0.1) is 0 Å². The molecular formula is C12H18BrN3. The Bertz CT molecular complexity index is 381. The van der Waals surface area contributed by atoms with Crippen LogP contribution in [0.25, 0.3) is 0 Å². The lowest BCUT2D eigenvalue weighted by Crippen LogP contribution is -2.50. The van der Waals surface area contributed by atoms with Crippen molar-refractivity contribution in [2.75, 3.05) is 37.3 Å². The highest BCUT2D eigenvalue weighted by Gasteiger charge is 2.21. The number of nitrogens with two attached hydrogens (primary N) is 1. The van der Waals surface area contributed by atoms with Gasteiger partial charge in [0.2, 0.25) is 0 Å². The quantitative estimate of drug-likeness (QED) is 0.802. The molecule has 3 nitrogen and oxygen atoms in total. The van der Waals surface area contributed by atoms with Crippen molar-refractivity contribution in [1.82, 2.24) is 4.90 Å². The van der Waals surface area contributed by atoms with E-state index in [1.54, 1.807) is 0 Å². The molecule has 0 aliphatic carbocycles. The Morgan fingerprint density at radius 2 is 2.12 bits per heavy atom. The summed E-state index contributed by atoms with van der Waals surface area (Å²) in [5.41, 5.74) is 8.06. The summed E-state index contributed by atoms with van der Waals surface area (Å²) in [5, 5.41) is 0. The molecule has 1 aliphatic rings. The van der Waals surface area contributed by atoms with Gasteiger partial charge >= 0.3 is 0 Å². The zero-order valence-electron chi connectivity index (χ0n) is 9.78. The minimum atomic E-state index is 0.580. The van der Waals surface area contributed by atoms with Gasteiger partial charge in [-0.1, -0.05) is 15.9 Å². The number of nitrogens with zero attached hydrogens (tertiary/aromatic N) is 2. The number of nitrogen functional groups attached to an aromatic ring is 1. The van der Waals surface area contributed by atoms with Crippen molar-refractivity contribution >= 4 is 27.3 Å². The van der Waals surface area contributed by atoms with Crippen molar-refractivity contribution in [3.63, 3.8) is 0 Å². The van der Waals surface area contributed by atoms with E-state index in [9.17, 15) is 0 Å². The molecule has 1 aliphatic heterocycles. The molecule has 0 bridgehead atoms. The van der Waals surface area contributed by atoms with E-state index in [0.29, 0.717) is 6.04 Å². The zero-order valence-corrected chi connectivity index (χ0v) is 11.4. The Hall–Kier alpha value is -0.740. The number of rotatable bonds is 1. The molecule has 2 N–H and O–H groups in total. The fourth-order valence-corrected chi connectivity index (χ4v) is 2.46. The summed E-state index contributed by atoms with van der Waals surface area (Å²) < 4.78 is 1.04. The van der Waals surface area contributed by atoms with Gasteiger partial charge in [0.05, 0.1) is 11.4 Å². The molecule has 1 heterocycles. The van der Waals surface area contributed by atoms with Gasteiger partial charge in [-0.3, -0.25) is 0 Å². The van der Waals surface area contributed by atoms with Crippen molar-refractivity contribution in [3.05, 3.63) is 22.7 Å². The first-order valence-corrected chi connectivity index (χ1v) is 6.37. The lowest BCUT2D eigenvalue weighted by atomic mass is 10.1. The largest absolute Gasteiger partial charge is 0.397 e. The maximum atomic E-state index is 6.05. The van der Waals surface area contributed by atoms with E-state index >= 15 is 0 Å². The van der Waals surface area contributed by atoms with E-state index in [-0.39, 0.29) is 0 Å². The number of anilines is 2. The Morgan fingerprint density at radius 1 is 1.38 bits per heavy atom. The third-order valence-corrected chi connectivity index (χ3v) is 3.78.